The number of anilines is 2. The van der Waals surface area contributed by atoms with E-state index in [0.29, 0.717) is 9.71 Å². The molecule has 2 heterocycles. The summed E-state index contributed by atoms with van der Waals surface area (Å²) in [4.78, 5) is 24.6. The third-order valence-electron chi connectivity index (χ3n) is 4.22. The van der Waals surface area contributed by atoms with Gasteiger partial charge in [-0.15, -0.1) is 11.3 Å². The van der Waals surface area contributed by atoms with Gasteiger partial charge in [-0.2, -0.15) is 0 Å². The molecule has 0 bridgehead atoms. The van der Waals surface area contributed by atoms with E-state index in [-0.39, 0.29) is 10.2 Å². The van der Waals surface area contributed by atoms with Crippen molar-refractivity contribution in [1.29, 1.82) is 0 Å². The molecule has 0 atom stereocenters. The van der Waals surface area contributed by atoms with Gasteiger partial charge in [0.05, 0.1) is 16.0 Å². The summed E-state index contributed by atoms with van der Waals surface area (Å²) in [6.45, 7) is 7.42. The predicted molar refractivity (Wildman–Crippen MR) is 108 cm³/mol. The van der Waals surface area contributed by atoms with Gasteiger partial charge in [-0.1, -0.05) is 0 Å². The highest BCUT2D eigenvalue weighted by Gasteiger charge is 2.22. The van der Waals surface area contributed by atoms with Gasteiger partial charge in [0.15, 0.2) is 5.82 Å². The van der Waals surface area contributed by atoms with Crippen LogP contribution >= 0.6 is 27.3 Å². The second kappa shape index (κ2) is 7.85. The maximum absolute atomic E-state index is 14.0. The summed E-state index contributed by atoms with van der Waals surface area (Å²) in [5.74, 6) is -1.29. The van der Waals surface area contributed by atoms with E-state index >= 15 is 0 Å². The van der Waals surface area contributed by atoms with Crippen LogP contribution in [-0.4, -0.2) is 29.0 Å². The fraction of sp³-hybridized carbons (Fsp3) is 0.278. The molecule has 1 N–H and O–H groups in total. The van der Waals surface area contributed by atoms with Crippen LogP contribution in [-0.2, 0) is 0 Å². The summed E-state index contributed by atoms with van der Waals surface area (Å²) in [7, 11) is 0. The maximum atomic E-state index is 14.0. The topological polar surface area (TPSA) is 58.1 Å². The zero-order chi connectivity index (χ0) is 19.7. The van der Waals surface area contributed by atoms with Crippen LogP contribution in [0.25, 0.3) is 10.2 Å². The van der Waals surface area contributed by atoms with E-state index in [4.69, 9.17) is 0 Å². The number of halogens is 3. The van der Waals surface area contributed by atoms with Crippen LogP contribution in [0.15, 0.2) is 22.9 Å². The molecule has 0 aliphatic heterocycles. The first-order valence-electron chi connectivity index (χ1n) is 8.32. The number of hydrogen-bond acceptors (Lipinski definition) is 5. The lowest BCUT2D eigenvalue weighted by Gasteiger charge is -2.20. The van der Waals surface area contributed by atoms with Crippen LogP contribution in [0.5, 0.6) is 0 Å². The number of aryl methyl sites for hydroxylation is 1. The van der Waals surface area contributed by atoms with E-state index in [1.54, 1.807) is 0 Å². The van der Waals surface area contributed by atoms with E-state index in [0.717, 1.165) is 42.0 Å². The first-order valence-corrected chi connectivity index (χ1v) is 9.93. The summed E-state index contributed by atoms with van der Waals surface area (Å²) in [5.41, 5.74) is 0.627. The highest BCUT2D eigenvalue weighted by Crippen LogP contribution is 2.36. The Morgan fingerprint density at radius 1 is 1.26 bits per heavy atom. The lowest BCUT2D eigenvalue weighted by Crippen LogP contribution is -2.23. The van der Waals surface area contributed by atoms with Crippen LogP contribution in [0.4, 0.5) is 20.3 Å². The van der Waals surface area contributed by atoms with Crippen molar-refractivity contribution in [3.8, 4) is 0 Å². The number of nitrogens with zero attached hydrogens (tertiary/aromatic N) is 3. The Morgan fingerprint density at radius 2 is 1.96 bits per heavy atom. The first kappa shape index (κ1) is 19.6. The number of benzene rings is 1. The van der Waals surface area contributed by atoms with Gasteiger partial charge in [-0.05, 0) is 48.3 Å². The van der Waals surface area contributed by atoms with Gasteiger partial charge in [0, 0.05) is 23.6 Å². The van der Waals surface area contributed by atoms with Crippen LogP contribution in [0.1, 0.15) is 29.1 Å². The number of nitrogens with one attached hydrogen (secondary N) is 1. The lowest BCUT2D eigenvalue weighted by atomic mass is 10.2. The minimum Gasteiger partial charge on any atom is -0.357 e. The molecule has 27 heavy (non-hydrogen) atoms. The van der Waals surface area contributed by atoms with E-state index in [9.17, 15) is 13.6 Å². The van der Waals surface area contributed by atoms with Gasteiger partial charge in [0.1, 0.15) is 22.8 Å². The number of aromatic nitrogens is 2. The summed E-state index contributed by atoms with van der Waals surface area (Å²) in [6, 6.07) is 1.82. The molecule has 9 heteroatoms. The number of carbonyl (C=O) groups excluding carboxylic acids is 1. The molecule has 5 nitrogen and oxygen atoms in total. The molecule has 3 aromatic rings. The van der Waals surface area contributed by atoms with Crippen molar-refractivity contribution in [3.05, 3.63) is 45.0 Å². The van der Waals surface area contributed by atoms with Crippen molar-refractivity contribution in [2.45, 2.75) is 20.8 Å². The monoisotopic (exact) mass is 454 g/mol. The van der Waals surface area contributed by atoms with Crippen molar-refractivity contribution in [2.75, 3.05) is 23.3 Å². The third kappa shape index (κ3) is 3.66. The average molecular weight is 455 g/mol. The van der Waals surface area contributed by atoms with E-state index in [2.05, 4.69) is 36.1 Å². The molecule has 0 spiro atoms. The summed E-state index contributed by atoms with van der Waals surface area (Å²) in [5, 5.41) is 3.34. The fourth-order valence-electron chi connectivity index (χ4n) is 2.86. The molecule has 0 aliphatic rings. The molecule has 3 rings (SSSR count). The van der Waals surface area contributed by atoms with E-state index < -0.39 is 17.5 Å². The van der Waals surface area contributed by atoms with Crippen molar-refractivity contribution < 1.29 is 13.6 Å². The number of carbonyl (C=O) groups is 1. The van der Waals surface area contributed by atoms with Gasteiger partial charge in [0.25, 0.3) is 5.91 Å². The van der Waals surface area contributed by atoms with E-state index in [1.807, 2.05) is 20.8 Å². The standard InChI is InChI=1S/C18H17BrF2N4OS/c1-4-25(5-2)16-13-9(3)15(27-18(13)23-8-22-16)17(26)24-14-11(19)6-10(20)7-12(14)21/h6-8H,4-5H2,1-3H3,(H,24,26). The second-order valence-corrected chi connectivity index (χ2v) is 7.66. The van der Waals surface area contributed by atoms with Crippen molar-refractivity contribution in [1.82, 2.24) is 9.97 Å². The molecule has 1 amide bonds. The van der Waals surface area contributed by atoms with Gasteiger partial charge in [-0.3, -0.25) is 4.79 Å². The highest BCUT2D eigenvalue weighted by molar-refractivity contribution is 9.10. The Hall–Kier alpha value is -2.13. The quantitative estimate of drug-likeness (QED) is 0.579. The summed E-state index contributed by atoms with van der Waals surface area (Å²) >= 11 is 4.30. The average Bonchev–Trinajstić information content (AvgIpc) is 2.97. The SMILES string of the molecule is CCN(CC)c1ncnc2sc(C(=O)Nc3c(F)cc(F)cc3Br)c(C)c12. The number of rotatable bonds is 5. The molecule has 1 aromatic carbocycles. The number of thiophene rings is 1. The molecular weight excluding hydrogens is 438 g/mol. The minimum atomic E-state index is -0.849. The smallest absolute Gasteiger partial charge is 0.266 e. The number of hydrogen-bond donors (Lipinski definition) is 1. The van der Waals surface area contributed by atoms with Crippen molar-refractivity contribution >= 4 is 54.9 Å². The van der Waals surface area contributed by atoms with E-state index in [1.165, 1.54) is 17.7 Å². The molecule has 0 saturated heterocycles. The zero-order valence-corrected chi connectivity index (χ0v) is 17.3. The van der Waals surface area contributed by atoms with Gasteiger partial charge in [0.2, 0.25) is 0 Å². The van der Waals surface area contributed by atoms with Crippen LogP contribution < -0.4 is 10.2 Å². The fourth-order valence-corrected chi connectivity index (χ4v) is 4.41. The molecule has 142 valence electrons. The highest BCUT2D eigenvalue weighted by atomic mass is 79.9. The first-order chi connectivity index (χ1) is 12.9. The number of fused-ring (bicyclic) bond motifs is 1. The molecule has 0 saturated carbocycles. The molecule has 0 fully saturated rings. The largest absolute Gasteiger partial charge is 0.357 e. The summed E-state index contributed by atoms with van der Waals surface area (Å²) in [6.07, 6.45) is 1.48. The molecule has 0 unspecified atom stereocenters. The van der Waals surface area contributed by atoms with Crippen LogP contribution in [0, 0.1) is 18.6 Å². The Balaban J connectivity index is 2.04. The molecular formula is C18H17BrF2N4OS. The Kier molecular flexibility index (Phi) is 5.71. The van der Waals surface area contributed by atoms with Crippen molar-refractivity contribution in [2.24, 2.45) is 0 Å². The minimum absolute atomic E-state index is 0.103. The summed E-state index contributed by atoms with van der Waals surface area (Å²) < 4.78 is 27.4. The molecule has 2 aromatic heterocycles. The number of amides is 1. The van der Waals surface area contributed by atoms with Crippen LogP contribution in [0.2, 0.25) is 0 Å². The second-order valence-electron chi connectivity index (χ2n) is 5.80. The Morgan fingerprint density at radius 3 is 2.59 bits per heavy atom. The zero-order valence-electron chi connectivity index (χ0n) is 14.9. The Labute approximate surface area is 167 Å². The van der Waals surface area contributed by atoms with Crippen molar-refractivity contribution in [3.63, 3.8) is 0 Å². The van der Waals surface area contributed by atoms with Crippen LogP contribution in [0.3, 0.4) is 0 Å². The van der Waals surface area contributed by atoms with Gasteiger partial charge >= 0.3 is 0 Å². The normalized spacial score (nSPS) is 11.0. The van der Waals surface area contributed by atoms with Gasteiger partial charge < -0.3 is 10.2 Å². The lowest BCUT2D eigenvalue weighted by molar-refractivity contribution is 0.102. The molecule has 0 aliphatic carbocycles. The Bertz CT molecular complexity index is 997. The predicted octanol–water partition coefficient (Wildman–Crippen LogP) is 5.14. The van der Waals surface area contributed by atoms with Gasteiger partial charge in [-0.25, -0.2) is 18.7 Å². The third-order valence-corrected chi connectivity index (χ3v) is 6.05. The molecule has 0 radical (unpaired) electrons. The maximum Gasteiger partial charge on any atom is 0.266 e.